The molecule has 0 aliphatic rings. The number of carbonyl (C=O) groups excluding carboxylic acids is 1. The summed E-state index contributed by atoms with van der Waals surface area (Å²) in [5.74, 6) is 0.468. The molecule has 0 unspecified atom stereocenters. The van der Waals surface area contributed by atoms with Crippen molar-refractivity contribution in [1.82, 2.24) is 5.32 Å². The van der Waals surface area contributed by atoms with Gasteiger partial charge in [0.25, 0.3) is 5.91 Å². The molecule has 21 heavy (non-hydrogen) atoms. The lowest BCUT2D eigenvalue weighted by Gasteiger charge is -2.10. The molecule has 0 fully saturated rings. The van der Waals surface area contributed by atoms with E-state index < -0.39 is 0 Å². The van der Waals surface area contributed by atoms with Gasteiger partial charge in [-0.15, -0.1) is 0 Å². The van der Waals surface area contributed by atoms with Crippen molar-refractivity contribution in [3.63, 3.8) is 0 Å². The largest absolute Gasteiger partial charge is 0.483 e. The molecule has 3 N–H and O–H groups in total. The van der Waals surface area contributed by atoms with E-state index in [2.05, 4.69) is 21.2 Å². The van der Waals surface area contributed by atoms with Crippen molar-refractivity contribution in [2.75, 3.05) is 6.61 Å². The molecule has 0 saturated heterocycles. The topological polar surface area (TPSA) is 64.3 Å². The minimum absolute atomic E-state index is 0.0204. The van der Waals surface area contributed by atoms with E-state index in [1.807, 2.05) is 42.5 Å². The van der Waals surface area contributed by atoms with Crippen LogP contribution in [-0.2, 0) is 17.9 Å². The van der Waals surface area contributed by atoms with Crippen molar-refractivity contribution in [1.29, 1.82) is 0 Å². The van der Waals surface area contributed by atoms with Crippen molar-refractivity contribution >= 4 is 21.8 Å². The number of benzene rings is 2. The quantitative estimate of drug-likeness (QED) is 0.843. The minimum Gasteiger partial charge on any atom is -0.483 e. The normalized spacial score (nSPS) is 10.2. The molecular weight excluding hydrogens is 332 g/mol. The summed E-state index contributed by atoms with van der Waals surface area (Å²) >= 11 is 3.40. The summed E-state index contributed by atoms with van der Waals surface area (Å²) in [4.78, 5) is 11.8. The van der Waals surface area contributed by atoms with Crippen LogP contribution in [0.1, 0.15) is 11.1 Å². The summed E-state index contributed by atoms with van der Waals surface area (Å²) in [5.41, 5.74) is 7.62. The van der Waals surface area contributed by atoms with Crippen LogP contribution in [-0.4, -0.2) is 12.5 Å². The van der Waals surface area contributed by atoms with Crippen molar-refractivity contribution in [3.05, 3.63) is 64.1 Å². The molecule has 2 rings (SSSR count). The first-order valence-electron chi connectivity index (χ1n) is 6.61. The second-order valence-electron chi connectivity index (χ2n) is 4.52. The summed E-state index contributed by atoms with van der Waals surface area (Å²) < 4.78 is 6.28. The average molecular weight is 349 g/mol. The van der Waals surface area contributed by atoms with Crippen LogP contribution in [0.2, 0.25) is 0 Å². The highest BCUT2D eigenvalue weighted by Gasteiger charge is 2.06. The molecule has 0 saturated carbocycles. The van der Waals surface area contributed by atoms with E-state index in [4.69, 9.17) is 10.5 Å². The minimum atomic E-state index is -0.159. The molecule has 0 aliphatic heterocycles. The number of ether oxygens (including phenoxy) is 1. The summed E-state index contributed by atoms with van der Waals surface area (Å²) in [5, 5.41) is 2.81. The fourth-order valence-corrected chi connectivity index (χ4v) is 2.32. The molecule has 5 heteroatoms. The number of hydrogen-bond acceptors (Lipinski definition) is 3. The zero-order chi connectivity index (χ0) is 15.1. The van der Waals surface area contributed by atoms with Crippen LogP contribution >= 0.6 is 15.9 Å². The van der Waals surface area contributed by atoms with Gasteiger partial charge < -0.3 is 15.8 Å². The molecule has 0 aliphatic carbocycles. The van der Waals surface area contributed by atoms with Crippen molar-refractivity contribution in [2.45, 2.75) is 13.1 Å². The Kier molecular flexibility index (Phi) is 5.78. The molecule has 1 amide bonds. The lowest BCUT2D eigenvalue weighted by Crippen LogP contribution is -2.28. The van der Waals surface area contributed by atoms with Gasteiger partial charge in [0.2, 0.25) is 0 Å². The van der Waals surface area contributed by atoms with Crippen LogP contribution in [0.25, 0.3) is 0 Å². The van der Waals surface area contributed by atoms with E-state index in [-0.39, 0.29) is 12.5 Å². The Morgan fingerprint density at radius 3 is 2.57 bits per heavy atom. The summed E-state index contributed by atoms with van der Waals surface area (Å²) in [6.07, 6.45) is 0. The molecule has 0 bridgehead atoms. The number of nitrogens with one attached hydrogen (secondary N) is 1. The number of amides is 1. The third-order valence-corrected chi connectivity index (χ3v) is 3.54. The smallest absolute Gasteiger partial charge is 0.258 e. The SMILES string of the molecule is NCc1ccc(OCC(=O)NCc2ccccc2)c(Br)c1. The predicted molar refractivity (Wildman–Crippen MR) is 85.8 cm³/mol. The zero-order valence-electron chi connectivity index (χ0n) is 11.5. The van der Waals surface area contributed by atoms with Gasteiger partial charge in [0.05, 0.1) is 4.47 Å². The van der Waals surface area contributed by atoms with Gasteiger partial charge in [-0.2, -0.15) is 0 Å². The zero-order valence-corrected chi connectivity index (χ0v) is 13.1. The number of rotatable bonds is 6. The maximum atomic E-state index is 11.8. The number of nitrogens with two attached hydrogens (primary N) is 1. The second kappa shape index (κ2) is 7.81. The molecule has 110 valence electrons. The molecule has 0 atom stereocenters. The highest BCUT2D eigenvalue weighted by molar-refractivity contribution is 9.10. The van der Waals surface area contributed by atoms with Gasteiger partial charge in [0, 0.05) is 13.1 Å². The Bertz CT molecular complexity index is 602. The number of carbonyl (C=O) groups is 1. The van der Waals surface area contributed by atoms with Crippen LogP contribution in [0.15, 0.2) is 53.0 Å². The van der Waals surface area contributed by atoms with E-state index in [1.165, 1.54) is 0 Å². The Balaban J connectivity index is 1.81. The van der Waals surface area contributed by atoms with Crippen LogP contribution in [0.5, 0.6) is 5.75 Å². The first-order chi connectivity index (χ1) is 10.2. The molecular formula is C16H17BrN2O2. The highest BCUT2D eigenvalue weighted by atomic mass is 79.9. The maximum absolute atomic E-state index is 11.8. The van der Waals surface area contributed by atoms with Crippen LogP contribution in [0, 0.1) is 0 Å². The molecule has 0 radical (unpaired) electrons. The van der Waals surface area contributed by atoms with Crippen LogP contribution in [0.4, 0.5) is 0 Å². The summed E-state index contributed by atoms with van der Waals surface area (Å²) in [6.45, 7) is 0.945. The van der Waals surface area contributed by atoms with Gasteiger partial charge in [-0.25, -0.2) is 0 Å². The van der Waals surface area contributed by atoms with Crippen molar-refractivity contribution in [2.24, 2.45) is 5.73 Å². The number of hydrogen-bond donors (Lipinski definition) is 2. The van der Waals surface area contributed by atoms with E-state index in [1.54, 1.807) is 6.07 Å². The fourth-order valence-electron chi connectivity index (χ4n) is 1.78. The van der Waals surface area contributed by atoms with E-state index in [9.17, 15) is 4.79 Å². The van der Waals surface area contributed by atoms with E-state index >= 15 is 0 Å². The van der Waals surface area contributed by atoms with Crippen LogP contribution in [0.3, 0.4) is 0 Å². The Labute approximate surface area is 132 Å². The molecule has 0 spiro atoms. The summed E-state index contributed by atoms with van der Waals surface area (Å²) in [6, 6.07) is 15.3. The first-order valence-corrected chi connectivity index (χ1v) is 7.40. The Morgan fingerprint density at radius 2 is 1.90 bits per heavy atom. The monoisotopic (exact) mass is 348 g/mol. The van der Waals surface area contributed by atoms with E-state index in [0.29, 0.717) is 18.8 Å². The Morgan fingerprint density at radius 1 is 1.14 bits per heavy atom. The van der Waals surface area contributed by atoms with Crippen LogP contribution < -0.4 is 15.8 Å². The number of halogens is 1. The lowest BCUT2D eigenvalue weighted by molar-refractivity contribution is -0.123. The molecule has 2 aromatic rings. The Hall–Kier alpha value is -1.85. The fraction of sp³-hybridized carbons (Fsp3) is 0.188. The molecule has 4 nitrogen and oxygen atoms in total. The lowest BCUT2D eigenvalue weighted by atomic mass is 10.2. The maximum Gasteiger partial charge on any atom is 0.258 e. The van der Waals surface area contributed by atoms with Gasteiger partial charge in [-0.3, -0.25) is 4.79 Å². The molecule has 0 aromatic heterocycles. The van der Waals surface area contributed by atoms with Crippen molar-refractivity contribution < 1.29 is 9.53 Å². The van der Waals surface area contributed by atoms with Gasteiger partial charge in [0.15, 0.2) is 6.61 Å². The van der Waals surface area contributed by atoms with Gasteiger partial charge in [-0.05, 0) is 39.2 Å². The predicted octanol–water partition coefficient (Wildman–Crippen LogP) is 2.60. The molecule has 0 heterocycles. The standard InChI is InChI=1S/C16H17BrN2O2/c17-14-8-13(9-18)6-7-15(14)21-11-16(20)19-10-12-4-2-1-3-5-12/h1-8H,9-11,18H2,(H,19,20). The summed E-state index contributed by atoms with van der Waals surface area (Å²) in [7, 11) is 0. The first kappa shape index (κ1) is 15.5. The van der Waals surface area contributed by atoms with Gasteiger partial charge in [0.1, 0.15) is 5.75 Å². The molecule has 2 aromatic carbocycles. The van der Waals surface area contributed by atoms with Gasteiger partial charge >= 0.3 is 0 Å². The van der Waals surface area contributed by atoms with E-state index in [0.717, 1.165) is 15.6 Å². The van der Waals surface area contributed by atoms with Crippen molar-refractivity contribution in [3.8, 4) is 5.75 Å². The third kappa shape index (κ3) is 4.88. The van der Waals surface area contributed by atoms with Gasteiger partial charge in [-0.1, -0.05) is 36.4 Å². The second-order valence-corrected chi connectivity index (χ2v) is 5.37. The average Bonchev–Trinajstić information content (AvgIpc) is 2.52. The highest BCUT2D eigenvalue weighted by Crippen LogP contribution is 2.25. The third-order valence-electron chi connectivity index (χ3n) is 2.92.